The van der Waals surface area contributed by atoms with E-state index in [0.29, 0.717) is 0 Å². The zero-order valence-electron chi connectivity index (χ0n) is 11.1. The number of azide groups is 1. The van der Waals surface area contributed by atoms with E-state index in [1.54, 1.807) is 0 Å². The quantitative estimate of drug-likeness (QED) is 0.280. The Labute approximate surface area is 102 Å². The van der Waals surface area contributed by atoms with Crippen molar-refractivity contribution in [1.82, 2.24) is 0 Å². The lowest BCUT2D eigenvalue weighted by molar-refractivity contribution is 0.846. The van der Waals surface area contributed by atoms with Crippen LogP contribution in [-0.4, -0.2) is 17.3 Å². The van der Waals surface area contributed by atoms with Crippen LogP contribution in [-0.2, 0) is 0 Å². The second-order valence-electron chi connectivity index (χ2n) is 4.34. The van der Waals surface area contributed by atoms with Crippen molar-refractivity contribution in [2.24, 2.45) is 4.52 Å². The van der Waals surface area contributed by atoms with Crippen LogP contribution in [0.2, 0.25) is 0 Å². The van der Waals surface area contributed by atoms with E-state index in [0.717, 1.165) is 17.3 Å². The van der Waals surface area contributed by atoms with Gasteiger partial charge in [0.25, 0.3) is 0 Å². The minimum absolute atomic E-state index is 1.02. The number of unbranched alkanes of at least 4 members (excludes halogenated alkanes) is 3. The third-order valence-corrected chi connectivity index (χ3v) is 6.41. The molecule has 0 atom stereocenters. The molecule has 0 N–H and O–H groups in total. The van der Waals surface area contributed by atoms with Gasteiger partial charge >= 0.3 is 0 Å². The molecule has 0 bridgehead atoms. The summed E-state index contributed by atoms with van der Waals surface area (Å²) in [6, 6.07) is 0. The molecule has 0 aromatic carbocycles. The van der Waals surface area contributed by atoms with Gasteiger partial charge < -0.3 is 0 Å². The van der Waals surface area contributed by atoms with Gasteiger partial charge in [0.15, 0.2) is 0 Å². The highest BCUT2D eigenvalue weighted by Gasteiger charge is 2.20. The summed E-state index contributed by atoms with van der Waals surface area (Å²) in [5, 5.41) is 0. The molecule has 3 nitrogen and oxygen atoms in total. The Hall–Kier alpha value is -0.340. The first-order valence-electron chi connectivity index (χ1n) is 6.57. The maximum Gasteiger partial charge on any atom is 0.00936 e. The summed E-state index contributed by atoms with van der Waals surface area (Å²) in [6.07, 6.45) is 7.24. The van der Waals surface area contributed by atoms with Crippen LogP contribution in [0.5, 0.6) is 0 Å². The van der Waals surface area contributed by atoms with E-state index >= 15 is 0 Å². The molecule has 0 aliphatic carbocycles. The lowest BCUT2D eigenvalue weighted by Crippen LogP contribution is -2.11. The fraction of sp³-hybridized carbons (Fsp3) is 1.00. The predicted octanol–water partition coefficient (Wildman–Crippen LogP) is 5.42. The topological polar surface area (TPSA) is 48.8 Å². The lowest BCUT2D eigenvalue weighted by Gasteiger charge is -2.35. The van der Waals surface area contributed by atoms with Crippen LogP contribution < -0.4 is 0 Å². The van der Waals surface area contributed by atoms with E-state index in [4.69, 9.17) is 5.53 Å². The average Bonchev–Trinajstić information content (AvgIpc) is 2.31. The van der Waals surface area contributed by atoms with Gasteiger partial charge in [0.1, 0.15) is 0 Å². The Balaban J connectivity index is 4.51. The summed E-state index contributed by atoms with van der Waals surface area (Å²) in [5.74, 6) is 3.44. The summed E-state index contributed by atoms with van der Waals surface area (Å²) >= 11 is 0. The molecule has 0 aliphatic heterocycles. The molecule has 0 aliphatic rings. The highest BCUT2D eigenvalue weighted by atomic mass is 32.3. The summed E-state index contributed by atoms with van der Waals surface area (Å²) in [4.78, 5) is 3.13. The summed E-state index contributed by atoms with van der Waals surface area (Å²) in [7, 11) is -1.02. The Bertz CT molecular complexity index is 191. The molecule has 0 unspecified atom stereocenters. The van der Waals surface area contributed by atoms with Crippen LogP contribution >= 0.6 is 10.2 Å². The Kier molecular flexibility index (Phi) is 9.65. The third-order valence-electron chi connectivity index (χ3n) is 2.84. The van der Waals surface area contributed by atoms with Gasteiger partial charge in [-0.3, -0.25) is 0 Å². The van der Waals surface area contributed by atoms with Gasteiger partial charge in [0.2, 0.25) is 0 Å². The van der Waals surface area contributed by atoms with Crippen molar-refractivity contribution >= 4 is 10.2 Å². The van der Waals surface area contributed by atoms with Crippen LogP contribution in [0.4, 0.5) is 0 Å². The molecule has 0 radical (unpaired) electrons. The van der Waals surface area contributed by atoms with E-state index in [1.165, 1.54) is 38.5 Å². The van der Waals surface area contributed by atoms with Gasteiger partial charge in [-0.25, -0.2) is 0 Å². The molecule has 0 saturated carbocycles. The molecule has 0 amide bonds. The monoisotopic (exact) mass is 245 g/mol. The zero-order valence-corrected chi connectivity index (χ0v) is 11.9. The van der Waals surface area contributed by atoms with Gasteiger partial charge in [-0.2, -0.15) is 10.2 Å². The highest BCUT2D eigenvalue weighted by molar-refractivity contribution is 8.32. The van der Waals surface area contributed by atoms with Crippen LogP contribution in [0.15, 0.2) is 4.52 Å². The van der Waals surface area contributed by atoms with E-state index in [-0.39, 0.29) is 0 Å². The lowest BCUT2D eigenvalue weighted by atomic mass is 10.4. The minimum atomic E-state index is -1.02. The fourth-order valence-electron chi connectivity index (χ4n) is 1.75. The number of nitrogens with zero attached hydrogens (tertiary/aromatic N) is 3. The third kappa shape index (κ3) is 6.29. The molecule has 0 aromatic heterocycles. The molecule has 0 spiro atoms. The second kappa shape index (κ2) is 9.86. The van der Waals surface area contributed by atoms with Crippen molar-refractivity contribution in [3.8, 4) is 0 Å². The van der Waals surface area contributed by atoms with Crippen molar-refractivity contribution in [2.75, 3.05) is 17.3 Å². The molecule has 0 heterocycles. The van der Waals surface area contributed by atoms with Gasteiger partial charge in [-0.15, -0.1) is 0 Å². The molecule has 4 heteroatoms. The van der Waals surface area contributed by atoms with E-state index in [9.17, 15) is 0 Å². The molecule has 0 saturated heterocycles. The van der Waals surface area contributed by atoms with Gasteiger partial charge in [-0.1, -0.05) is 40.0 Å². The minimum Gasteiger partial charge on any atom is -0.160 e. The van der Waals surface area contributed by atoms with Crippen molar-refractivity contribution in [3.63, 3.8) is 0 Å². The molecule has 96 valence electrons. The van der Waals surface area contributed by atoms with E-state index < -0.39 is 10.2 Å². The summed E-state index contributed by atoms with van der Waals surface area (Å²) < 4.78 is 4.23. The maximum atomic E-state index is 8.78. The summed E-state index contributed by atoms with van der Waals surface area (Å²) in [6.45, 7) is 6.62. The Morgan fingerprint density at radius 1 is 0.875 bits per heavy atom. The molecule has 0 rings (SSSR count). The average molecular weight is 245 g/mol. The van der Waals surface area contributed by atoms with Gasteiger partial charge in [-0.05, 0) is 46.6 Å². The zero-order chi connectivity index (χ0) is 12.3. The van der Waals surface area contributed by atoms with Gasteiger partial charge in [0.05, 0.1) is 0 Å². The maximum absolute atomic E-state index is 8.78. The number of hydrogen-bond acceptors (Lipinski definition) is 1. The Morgan fingerprint density at radius 2 is 1.25 bits per heavy atom. The van der Waals surface area contributed by atoms with Crippen LogP contribution in [0, 0.1) is 0 Å². The SMILES string of the molecule is CCCCS(CCCC)(CCCC)N=[N+]=[N-]. The van der Waals surface area contributed by atoms with Crippen molar-refractivity contribution in [3.05, 3.63) is 10.4 Å². The Morgan fingerprint density at radius 3 is 1.50 bits per heavy atom. The van der Waals surface area contributed by atoms with Crippen molar-refractivity contribution in [2.45, 2.75) is 59.3 Å². The standard InChI is InChI=1S/C12H27N3S/c1-4-7-10-16(15-14-13,11-8-5-2)12-9-6-3/h4-12H2,1-3H3. The highest BCUT2D eigenvalue weighted by Crippen LogP contribution is 2.52. The number of hydrogen-bond donors (Lipinski definition) is 0. The van der Waals surface area contributed by atoms with Crippen LogP contribution in [0.25, 0.3) is 10.4 Å². The molecule has 0 fully saturated rings. The predicted molar refractivity (Wildman–Crippen MR) is 76.1 cm³/mol. The first kappa shape index (κ1) is 15.7. The molecular weight excluding hydrogens is 218 g/mol. The first-order valence-corrected chi connectivity index (χ1v) is 8.67. The van der Waals surface area contributed by atoms with Gasteiger partial charge in [0, 0.05) is 4.91 Å². The smallest absolute Gasteiger partial charge is 0.00936 e. The summed E-state index contributed by atoms with van der Waals surface area (Å²) in [5.41, 5.74) is 8.78. The van der Waals surface area contributed by atoms with E-state index in [1.807, 2.05) is 0 Å². The molecule has 16 heavy (non-hydrogen) atoms. The van der Waals surface area contributed by atoms with Crippen LogP contribution in [0.1, 0.15) is 59.3 Å². The number of rotatable bonds is 10. The molecular formula is C12H27N3S. The second-order valence-corrected chi connectivity index (χ2v) is 7.73. The fourth-order valence-corrected chi connectivity index (χ4v) is 5.24. The van der Waals surface area contributed by atoms with Crippen molar-refractivity contribution < 1.29 is 0 Å². The van der Waals surface area contributed by atoms with E-state index in [2.05, 4.69) is 30.2 Å². The van der Waals surface area contributed by atoms with Crippen LogP contribution in [0.3, 0.4) is 0 Å². The first-order chi connectivity index (χ1) is 7.74. The largest absolute Gasteiger partial charge is 0.160 e. The normalized spacial score (nSPS) is 12.2. The molecule has 0 aromatic rings. The van der Waals surface area contributed by atoms with Crippen molar-refractivity contribution in [1.29, 1.82) is 0 Å².